The minimum absolute atomic E-state index is 0.667. The van der Waals surface area contributed by atoms with E-state index in [9.17, 15) is 0 Å². The monoisotopic (exact) mass is 706 g/mol. The molecule has 0 spiro atoms. The number of para-hydroxylation sites is 2. The smallest absolute Gasteiger partial charge is 0.160 e. The van der Waals surface area contributed by atoms with E-state index in [2.05, 4.69) is 129 Å². The molecule has 4 heteroatoms. The van der Waals surface area contributed by atoms with Crippen molar-refractivity contribution in [2.24, 2.45) is 0 Å². The molecule has 0 unspecified atom stereocenters. The fraction of sp³-hybridized carbons (Fsp3) is 0.0196. The Morgan fingerprint density at radius 1 is 0.527 bits per heavy atom. The van der Waals surface area contributed by atoms with Crippen molar-refractivity contribution in [1.29, 1.82) is 0 Å². The first-order valence-electron chi connectivity index (χ1n) is 18.4. The Morgan fingerprint density at radius 2 is 1.16 bits per heavy atom. The topological polar surface area (TPSA) is 52.1 Å². The van der Waals surface area contributed by atoms with Gasteiger partial charge in [-0.3, -0.25) is 0 Å². The van der Waals surface area contributed by atoms with Crippen molar-refractivity contribution in [3.8, 4) is 45.0 Å². The maximum absolute atomic E-state index is 6.39. The molecule has 0 aliphatic heterocycles. The van der Waals surface area contributed by atoms with Crippen LogP contribution < -0.4 is 10.6 Å². The minimum Gasteiger partial charge on any atom is -0.456 e. The average Bonchev–Trinajstić information content (AvgIpc) is 3.81. The summed E-state index contributed by atoms with van der Waals surface area (Å²) in [5, 5.41) is 6.55. The normalized spacial score (nSPS) is 12.6. The van der Waals surface area contributed by atoms with Gasteiger partial charge in [0, 0.05) is 38.1 Å². The van der Waals surface area contributed by atoms with Crippen molar-refractivity contribution < 1.29 is 8.83 Å². The van der Waals surface area contributed by atoms with E-state index in [1.807, 2.05) is 54.6 Å². The Balaban J connectivity index is 1.30. The molecule has 0 radical (unpaired) electrons. The van der Waals surface area contributed by atoms with E-state index in [4.69, 9.17) is 18.8 Å². The lowest BCUT2D eigenvalue weighted by Crippen LogP contribution is -2.22. The third kappa shape index (κ3) is 5.63. The molecule has 10 aromatic rings. The Hall–Kier alpha value is -7.30. The van der Waals surface area contributed by atoms with E-state index in [-0.39, 0.29) is 0 Å². The predicted octanol–water partition coefficient (Wildman–Crippen LogP) is 12.1. The summed E-state index contributed by atoms with van der Waals surface area (Å²) < 4.78 is 12.8. The summed E-state index contributed by atoms with van der Waals surface area (Å²) in [4.78, 5) is 10.5. The maximum Gasteiger partial charge on any atom is 0.160 e. The lowest BCUT2D eigenvalue weighted by atomic mass is 9.92. The summed E-state index contributed by atoms with van der Waals surface area (Å²) in [5.74, 6) is 0.667. The first-order valence-corrected chi connectivity index (χ1v) is 18.4. The number of benzene rings is 7. The van der Waals surface area contributed by atoms with E-state index in [1.54, 1.807) is 6.08 Å². The zero-order valence-corrected chi connectivity index (χ0v) is 30.2. The fourth-order valence-electron chi connectivity index (χ4n) is 7.88. The number of hydrogen-bond acceptors (Lipinski definition) is 4. The molecule has 0 aliphatic carbocycles. The van der Waals surface area contributed by atoms with Crippen LogP contribution in [-0.2, 0) is 0 Å². The summed E-state index contributed by atoms with van der Waals surface area (Å²) >= 11 is 0. The van der Waals surface area contributed by atoms with Crippen molar-refractivity contribution in [2.75, 3.05) is 0 Å². The Bertz CT molecular complexity index is 3240. The number of aromatic nitrogens is 2. The van der Waals surface area contributed by atoms with Gasteiger partial charge in [0.2, 0.25) is 0 Å². The molecule has 0 fully saturated rings. The second kappa shape index (κ2) is 13.3. The minimum atomic E-state index is 0.667. The van der Waals surface area contributed by atoms with Gasteiger partial charge in [0.15, 0.2) is 5.82 Å². The molecule has 0 saturated carbocycles. The molecule has 7 aromatic carbocycles. The van der Waals surface area contributed by atoms with Crippen molar-refractivity contribution in [1.82, 2.24) is 9.97 Å². The third-order valence-corrected chi connectivity index (χ3v) is 10.5. The highest BCUT2D eigenvalue weighted by atomic mass is 16.3. The van der Waals surface area contributed by atoms with Gasteiger partial charge in [-0.2, -0.15) is 0 Å². The molecule has 10 rings (SSSR count). The highest BCUT2D eigenvalue weighted by molar-refractivity contribution is 6.12. The van der Waals surface area contributed by atoms with Gasteiger partial charge in [0.1, 0.15) is 22.2 Å². The Morgan fingerprint density at radius 3 is 2.00 bits per heavy atom. The van der Waals surface area contributed by atoms with E-state index < -0.39 is 0 Å². The lowest BCUT2D eigenvalue weighted by Gasteiger charge is -2.14. The summed E-state index contributed by atoms with van der Waals surface area (Å²) in [6, 6.07) is 56.7. The summed E-state index contributed by atoms with van der Waals surface area (Å²) in [6.45, 7) is 6.17. The zero-order chi connectivity index (χ0) is 36.9. The molecule has 0 amide bonds. The fourth-order valence-corrected chi connectivity index (χ4v) is 7.88. The van der Waals surface area contributed by atoms with E-state index in [0.29, 0.717) is 5.82 Å². The third-order valence-electron chi connectivity index (χ3n) is 10.5. The molecule has 260 valence electrons. The largest absolute Gasteiger partial charge is 0.456 e. The molecular weight excluding hydrogens is 673 g/mol. The van der Waals surface area contributed by atoms with Crippen LogP contribution in [0, 0.1) is 0 Å². The molecule has 3 heterocycles. The number of hydrogen-bond donors (Lipinski definition) is 0. The van der Waals surface area contributed by atoms with Crippen LogP contribution in [0.15, 0.2) is 185 Å². The van der Waals surface area contributed by atoms with Gasteiger partial charge in [-0.15, -0.1) is 0 Å². The number of nitrogens with zero attached hydrogens (tertiary/aromatic N) is 2. The van der Waals surface area contributed by atoms with Crippen LogP contribution in [0.2, 0.25) is 0 Å². The molecule has 0 N–H and O–H groups in total. The van der Waals surface area contributed by atoms with Gasteiger partial charge in [-0.25, -0.2) is 9.97 Å². The SMILES string of the molecule is C=C/C=c1/oc2ccccc2/c1=C(/C)c1cc(-c2cc(-c3cccc4ccccc34)nc(-c3ccccc3)n2)cc(-c2cccc3oc4ccccc4c23)c1. The average molecular weight is 707 g/mol. The highest BCUT2D eigenvalue weighted by Crippen LogP contribution is 2.40. The molecule has 3 aromatic heterocycles. The van der Waals surface area contributed by atoms with Crippen molar-refractivity contribution in [3.05, 3.63) is 193 Å². The van der Waals surface area contributed by atoms with Crippen LogP contribution in [0.4, 0.5) is 0 Å². The van der Waals surface area contributed by atoms with Crippen LogP contribution in [0.5, 0.6) is 0 Å². The van der Waals surface area contributed by atoms with Gasteiger partial charge in [-0.05, 0) is 88.5 Å². The second-order valence-electron chi connectivity index (χ2n) is 13.8. The molecule has 0 atom stereocenters. The van der Waals surface area contributed by atoms with E-state index in [1.165, 1.54) is 0 Å². The van der Waals surface area contributed by atoms with Crippen molar-refractivity contribution >= 4 is 55.3 Å². The summed E-state index contributed by atoms with van der Waals surface area (Å²) in [6.07, 6.45) is 3.72. The van der Waals surface area contributed by atoms with Crippen LogP contribution in [0.3, 0.4) is 0 Å². The predicted molar refractivity (Wildman–Crippen MR) is 227 cm³/mol. The van der Waals surface area contributed by atoms with Crippen LogP contribution in [-0.4, -0.2) is 9.97 Å². The lowest BCUT2D eigenvalue weighted by molar-refractivity contribution is 0.575. The standard InChI is InChI=1S/C51H34N2O2/c1-3-15-47-49(41-21-9-11-25-45(41)54-47)32(2)35-28-36(39-23-14-27-48-50(39)42-22-10-12-26-46(42)55-48)30-37(29-35)43-31-44(53-51(52-43)34-17-5-4-6-18-34)40-24-13-19-33-16-7-8-20-38(33)40/h3-31H,1H2,2H3/b47-15+,49-32+. The number of fused-ring (bicyclic) bond motifs is 5. The summed E-state index contributed by atoms with van der Waals surface area (Å²) in [7, 11) is 0. The molecule has 4 nitrogen and oxygen atoms in total. The molecule has 0 saturated heterocycles. The second-order valence-corrected chi connectivity index (χ2v) is 13.8. The van der Waals surface area contributed by atoms with E-state index >= 15 is 0 Å². The van der Waals surface area contributed by atoms with Gasteiger partial charge in [0.05, 0.1) is 11.4 Å². The summed E-state index contributed by atoms with van der Waals surface area (Å²) in [5.41, 5.74) is 12.3. The quantitative estimate of drug-likeness (QED) is 0.173. The van der Waals surface area contributed by atoms with Crippen molar-refractivity contribution in [3.63, 3.8) is 0 Å². The number of rotatable bonds is 6. The maximum atomic E-state index is 6.39. The van der Waals surface area contributed by atoms with Crippen LogP contribution in [0.1, 0.15) is 12.5 Å². The Labute approximate surface area is 317 Å². The number of allylic oxidation sites excluding steroid dienone is 1. The molecule has 55 heavy (non-hydrogen) atoms. The highest BCUT2D eigenvalue weighted by Gasteiger charge is 2.18. The van der Waals surface area contributed by atoms with Gasteiger partial charge in [-0.1, -0.05) is 134 Å². The molecular formula is C51H34N2O2. The van der Waals surface area contributed by atoms with Gasteiger partial charge < -0.3 is 8.83 Å². The zero-order valence-electron chi connectivity index (χ0n) is 30.2. The molecule has 0 bridgehead atoms. The van der Waals surface area contributed by atoms with Crippen LogP contribution >= 0.6 is 0 Å². The van der Waals surface area contributed by atoms with Gasteiger partial charge in [0.25, 0.3) is 0 Å². The van der Waals surface area contributed by atoms with Gasteiger partial charge >= 0.3 is 0 Å². The first kappa shape index (κ1) is 32.4. The Kier molecular flexibility index (Phi) is 7.81. The van der Waals surface area contributed by atoms with E-state index in [0.717, 1.165) is 105 Å². The molecule has 0 aliphatic rings. The van der Waals surface area contributed by atoms with Crippen molar-refractivity contribution in [2.45, 2.75) is 6.92 Å². The van der Waals surface area contributed by atoms with Crippen LogP contribution in [0.25, 0.3) is 100 Å². The number of furan rings is 2. The first-order chi connectivity index (χ1) is 27.1.